The molecule has 0 spiro atoms. The Balaban J connectivity index is 1.57. The molecule has 0 aromatic heterocycles. The van der Waals surface area contributed by atoms with E-state index in [2.05, 4.69) is 4.90 Å². The van der Waals surface area contributed by atoms with Gasteiger partial charge in [0.2, 0.25) is 0 Å². The lowest BCUT2D eigenvalue weighted by molar-refractivity contribution is -0.136. The molecule has 5 nitrogen and oxygen atoms in total. The molecule has 1 aliphatic rings. The maximum absolute atomic E-state index is 13.8. The van der Waals surface area contributed by atoms with Crippen LogP contribution >= 0.6 is 23.2 Å². The van der Waals surface area contributed by atoms with Crippen molar-refractivity contribution in [1.29, 1.82) is 0 Å². The van der Waals surface area contributed by atoms with Gasteiger partial charge in [-0.2, -0.15) is 0 Å². The smallest absolute Gasteiger partial charge is 0.303 e. The van der Waals surface area contributed by atoms with E-state index in [9.17, 15) is 14.3 Å². The second kappa shape index (κ2) is 12.8. The molecule has 0 amide bonds. The van der Waals surface area contributed by atoms with Gasteiger partial charge in [-0.3, -0.25) is 9.69 Å². The van der Waals surface area contributed by atoms with Crippen LogP contribution in [0.4, 0.5) is 4.39 Å². The summed E-state index contributed by atoms with van der Waals surface area (Å²) >= 11 is 11.9. The van der Waals surface area contributed by atoms with Gasteiger partial charge in [0.05, 0.1) is 23.8 Å². The number of nitrogens with zero attached hydrogens (tertiary/aromatic N) is 1. The van der Waals surface area contributed by atoms with Crippen molar-refractivity contribution in [2.45, 2.75) is 63.7 Å². The van der Waals surface area contributed by atoms with Crippen LogP contribution in [0.25, 0.3) is 0 Å². The highest BCUT2D eigenvalue weighted by Gasteiger charge is 2.27. The minimum Gasteiger partial charge on any atom is -0.481 e. The number of carboxylic acids is 1. The summed E-state index contributed by atoms with van der Waals surface area (Å²) in [6.07, 6.45) is 2.86. The third-order valence-corrected chi connectivity index (χ3v) is 6.86. The predicted molar refractivity (Wildman–Crippen MR) is 132 cm³/mol. The summed E-state index contributed by atoms with van der Waals surface area (Å²) in [6, 6.07) is 10.6. The number of aliphatic hydroxyl groups is 1. The molecule has 2 aromatic carbocycles. The van der Waals surface area contributed by atoms with Crippen LogP contribution in [0.5, 0.6) is 0 Å². The summed E-state index contributed by atoms with van der Waals surface area (Å²) in [6.45, 7) is 3.52. The number of likely N-dealkylation sites (tertiary alicyclic amines) is 1. The van der Waals surface area contributed by atoms with E-state index < -0.39 is 17.9 Å². The quantitative estimate of drug-likeness (QED) is 0.383. The zero-order valence-corrected chi connectivity index (χ0v) is 20.9. The molecule has 1 aliphatic heterocycles. The van der Waals surface area contributed by atoms with E-state index in [1.807, 2.05) is 19.1 Å². The van der Waals surface area contributed by atoms with Crippen LogP contribution in [0.15, 0.2) is 36.4 Å². The highest BCUT2D eigenvalue weighted by molar-refractivity contribution is 6.31. The monoisotopic (exact) mass is 511 g/mol. The van der Waals surface area contributed by atoms with Crippen molar-refractivity contribution in [3.63, 3.8) is 0 Å². The molecule has 34 heavy (non-hydrogen) atoms. The van der Waals surface area contributed by atoms with Crippen LogP contribution in [0.1, 0.15) is 55.4 Å². The fraction of sp³-hybridized carbons (Fsp3) is 0.500. The molecule has 1 fully saturated rings. The first-order valence-corrected chi connectivity index (χ1v) is 12.5. The number of aliphatic carboxylic acids is 1. The van der Waals surface area contributed by atoms with Gasteiger partial charge in [0, 0.05) is 24.0 Å². The Morgan fingerprint density at radius 2 is 2.06 bits per heavy atom. The normalized spacial score (nSPS) is 18.2. The molecule has 0 bridgehead atoms. The topological polar surface area (TPSA) is 70.0 Å². The summed E-state index contributed by atoms with van der Waals surface area (Å²) in [4.78, 5) is 13.3. The first-order chi connectivity index (χ1) is 16.3. The Bertz CT molecular complexity index is 974. The molecule has 2 N–H and O–H groups in total. The fourth-order valence-electron chi connectivity index (χ4n) is 4.63. The number of hydrogen-bond acceptors (Lipinski definition) is 4. The maximum Gasteiger partial charge on any atom is 0.303 e. The van der Waals surface area contributed by atoms with Crippen molar-refractivity contribution in [3.05, 3.63) is 69.0 Å². The predicted octanol–water partition coefficient (Wildman–Crippen LogP) is 5.69. The van der Waals surface area contributed by atoms with Gasteiger partial charge in [0.25, 0.3) is 0 Å². The number of ether oxygens (including phenoxy) is 1. The fourth-order valence-corrected chi connectivity index (χ4v) is 4.94. The lowest BCUT2D eigenvalue weighted by atomic mass is 9.97. The summed E-state index contributed by atoms with van der Waals surface area (Å²) in [5.74, 6) is -1.27. The Morgan fingerprint density at radius 3 is 2.76 bits per heavy atom. The number of benzene rings is 2. The lowest BCUT2D eigenvalue weighted by Gasteiger charge is -2.28. The summed E-state index contributed by atoms with van der Waals surface area (Å²) in [5, 5.41) is 20.4. The molecular weight excluding hydrogens is 480 g/mol. The van der Waals surface area contributed by atoms with E-state index in [1.54, 1.807) is 18.2 Å². The number of carbonyl (C=O) groups is 1. The van der Waals surface area contributed by atoms with E-state index in [1.165, 1.54) is 6.07 Å². The third-order valence-electron chi connectivity index (χ3n) is 6.32. The average molecular weight is 512 g/mol. The first-order valence-electron chi connectivity index (χ1n) is 11.7. The highest BCUT2D eigenvalue weighted by atomic mass is 35.5. The molecule has 1 saturated heterocycles. The Hall–Kier alpha value is -1.70. The van der Waals surface area contributed by atoms with Crippen LogP contribution in [0.2, 0.25) is 10.0 Å². The third kappa shape index (κ3) is 7.65. The molecule has 0 unspecified atom stereocenters. The van der Waals surface area contributed by atoms with Crippen molar-refractivity contribution < 1.29 is 24.1 Å². The maximum atomic E-state index is 13.8. The van der Waals surface area contributed by atoms with Gasteiger partial charge in [-0.05, 0) is 79.6 Å². The molecular formula is C26H32Cl2FNO4. The van der Waals surface area contributed by atoms with Gasteiger partial charge in [-0.1, -0.05) is 42.3 Å². The van der Waals surface area contributed by atoms with E-state index in [0.29, 0.717) is 30.8 Å². The van der Waals surface area contributed by atoms with E-state index in [0.717, 1.165) is 36.1 Å². The van der Waals surface area contributed by atoms with Gasteiger partial charge in [-0.25, -0.2) is 4.39 Å². The van der Waals surface area contributed by atoms with Crippen LogP contribution in [-0.2, 0) is 22.4 Å². The van der Waals surface area contributed by atoms with Crippen LogP contribution < -0.4 is 0 Å². The highest BCUT2D eigenvalue weighted by Crippen LogP contribution is 2.29. The second-order valence-electron chi connectivity index (χ2n) is 8.86. The molecule has 3 atom stereocenters. The van der Waals surface area contributed by atoms with Crippen LogP contribution in [0, 0.1) is 5.82 Å². The Kier molecular flexibility index (Phi) is 10.2. The first kappa shape index (κ1) is 26.9. The summed E-state index contributed by atoms with van der Waals surface area (Å²) in [5.41, 5.74) is 2.66. The van der Waals surface area contributed by atoms with Crippen molar-refractivity contribution in [2.24, 2.45) is 0 Å². The lowest BCUT2D eigenvalue weighted by Crippen LogP contribution is -2.39. The standard InChI is InChI=1S/C26H32Cl2FNO4/c1-2-25(22-8-7-19(27)14-18(22)6-10-26(32)33)34-16-21(31)15-30-11-3-4-20(30)12-17-5-9-23(28)24(29)13-17/h5,7-9,13-14,20-21,25,31H,2-4,6,10-12,15-16H2,1H3,(H,32,33)/t20-,21+,25+/m0/s1. The summed E-state index contributed by atoms with van der Waals surface area (Å²) in [7, 11) is 0. The van der Waals surface area contributed by atoms with Gasteiger partial charge >= 0.3 is 5.97 Å². The molecule has 3 rings (SSSR count). The number of rotatable bonds is 12. The molecule has 0 radical (unpaired) electrons. The molecule has 2 aromatic rings. The van der Waals surface area contributed by atoms with Gasteiger partial charge < -0.3 is 14.9 Å². The van der Waals surface area contributed by atoms with Crippen LogP contribution in [0.3, 0.4) is 0 Å². The second-order valence-corrected chi connectivity index (χ2v) is 9.71. The molecule has 1 heterocycles. The van der Waals surface area contributed by atoms with Crippen molar-refractivity contribution >= 4 is 29.2 Å². The number of aryl methyl sites for hydroxylation is 1. The number of hydrogen-bond donors (Lipinski definition) is 2. The van der Waals surface area contributed by atoms with Gasteiger partial charge in [0.15, 0.2) is 0 Å². The summed E-state index contributed by atoms with van der Waals surface area (Å²) < 4.78 is 19.9. The molecule has 8 heteroatoms. The van der Waals surface area contributed by atoms with Gasteiger partial charge in [0.1, 0.15) is 5.82 Å². The van der Waals surface area contributed by atoms with Crippen molar-refractivity contribution in [1.82, 2.24) is 4.90 Å². The average Bonchev–Trinajstić information content (AvgIpc) is 3.22. The zero-order chi connectivity index (χ0) is 24.7. The van der Waals surface area contributed by atoms with E-state index in [4.69, 9.17) is 33.0 Å². The molecule has 186 valence electrons. The minimum atomic E-state index is -0.864. The van der Waals surface area contributed by atoms with Crippen LogP contribution in [-0.4, -0.2) is 52.9 Å². The minimum absolute atomic E-state index is 0.0142. The van der Waals surface area contributed by atoms with E-state index >= 15 is 0 Å². The van der Waals surface area contributed by atoms with Gasteiger partial charge in [-0.15, -0.1) is 0 Å². The van der Waals surface area contributed by atoms with Crippen molar-refractivity contribution in [2.75, 3.05) is 19.7 Å². The number of carboxylic acid groups (broad SMARTS) is 1. The largest absolute Gasteiger partial charge is 0.481 e. The SMILES string of the molecule is CC[C@@H](OC[C@H](O)CN1CCC[C@H]1Cc1ccc(Cl)c(F)c1)c1ccc(Cl)cc1CCC(=O)O. The molecule has 0 saturated carbocycles. The number of halogens is 3. The molecule has 0 aliphatic carbocycles. The number of β-amino-alcohol motifs (C(OH)–C–C–N with tert-alkyl or cyclic N) is 1. The Labute approximate surface area is 210 Å². The zero-order valence-electron chi connectivity index (χ0n) is 19.4. The Morgan fingerprint density at radius 1 is 1.26 bits per heavy atom. The van der Waals surface area contributed by atoms with Crippen molar-refractivity contribution in [3.8, 4) is 0 Å². The number of aliphatic hydroxyl groups excluding tert-OH is 1. The van der Waals surface area contributed by atoms with E-state index in [-0.39, 0.29) is 30.2 Å².